The number of carbonyl (C=O) groups excluding carboxylic acids is 2. The molecule has 0 unspecified atom stereocenters. The van der Waals surface area contributed by atoms with Gasteiger partial charge in [0, 0.05) is 12.8 Å². The number of carbonyl (C=O) groups is 2. The highest BCUT2D eigenvalue weighted by Gasteiger charge is 2.20. The van der Waals surface area contributed by atoms with Crippen molar-refractivity contribution in [1.29, 1.82) is 0 Å². The fourth-order valence-electron chi connectivity index (χ4n) is 0.774. The van der Waals surface area contributed by atoms with Gasteiger partial charge >= 0.3 is 0 Å². The van der Waals surface area contributed by atoms with E-state index in [9.17, 15) is 9.59 Å². The zero-order valence-corrected chi connectivity index (χ0v) is 6.59. The molecular weight excluding hydrogens is 128 g/mol. The second kappa shape index (κ2) is 4.20. The van der Waals surface area contributed by atoms with Crippen LogP contribution >= 0.6 is 0 Å². The summed E-state index contributed by atoms with van der Waals surface area (Å²) in [5.41, 5.74) is -0.0938. The van der Waals surface area contributed by atoms with Crippen LogP contribution < -0.4 is 0 Å². The Morgan fingerprint density at radius 1 is 1.20 bits per heavy atom. The Bertz CT molecular complexity index is 108. The van der Waals surface area contributed by atoms with Crippen molar-refractivity contribution in [3.05, 3.63) is 0 Å². The van der Waals surface area contributed by atoms with Crippen LogP contribution in [-0.2, 0) is 9.59 Å². The van der Waals surface area contributed by atoms with E-state index in [0.717, 1.165) is 19.0 Å². The van der Waals surface area contributed by atoms with Crippen LogP contribution in [0.25, 0.3) is 0 Å². The van der Waals surface area contributed by atoms with E-state index in [-0.39, 0.29) is 5.41 Å². The molecule has 0 bridgehead atoms. The van der Waals surface area contributed by atoms with Crippen LogP contribution in [0.3, 0.4) is 0 Å². The van der Waals surface area contributed by atoms with Crippen molar-refractivity contribution in [3.8, 4) is 0 Å². The Morgan fingerprint density at radius 2 is 1.60 bits per heavy atom. The van der Waals surface area contributed by atoms with Crippen LogP contribution in [-0.4, -0.2) is 12.6 Å². The summed E-state index contributed by atoms with van der Waals surface area (Å²) in [5.74, 6) is 0. The minimum absolute atomic E-state index is 0.0938. The average Bonchev–Trinajstić information content (AvgIpc) is 1.89. The number of aldehydes is 2. The minimum atomic E-state index is -0.0938. The maximum absolute atomic E-state index is 10.1. The molecular formula is C8H14O2. The number of hydrogen-bond donors (Lipinski definition) is 0. The Kier molecular flexibility index (Phi) is 3.93. The molecule has 58 valence electrons. The van der Waals surface area contributed by atoms with Crippen LogP contribution in [0.1, 0.15) is 33.1 Å². The van der Waals surface area contributed by atoms with Crippen molar-refractivity contribution in [2.75, 3.05) is 0 Å². The van der Waals surface area contributed by atoms with Gasteiger partial charge in [0.1, 0.15) is 12.6 Å². The lowest BCUT2D eigenvalue weighted by Gasteiger charge is -2.22. The van der Waals surface area contributed by atoms with Crippen molar-refractivity contribution >= 4 is 12.6 Å². The lowest BCUT2D eigenvalue weighted by molar-refractivity contribution is -0.112. The lowest BCUT2D eigenvalue weighted by Crippen LogP contribution is -2.16. The molecule has 0 fully saturated rings. The van der Waals surface area contributed by atoms with E-state index >= 15 is 0 Å². The molecule has 0 aromatic heterocycles. The molecule has 0 saturated carbocycles. The van der Waals surface area contributed by atoms with Crippen LogP contribution in [0.15, 0.2) is 0 Å². The Hall–Kier alpha value is -0.660. The summed E-state index contributed by atoms with van der Waals surface area (Å²) in [4.78, 5) is 20.3. The molecule has 0 aliphatic rings. The van der Waals surface area contributed by atoms with Crippen LogP contribution in [0.4, 0.5) is 0 Å². The first-order valence-electron chi connectivity index (χ1n) is 3.56. The minimum Gasteiger partial charge on any atom is -0.303 e. The van der Waals surface area contributed by atoms with E-state index in [4.69, 9.17) is 0 Å². The van der Waals surface area contributed by atoms with Gasteiger partial charge in [-0.25, -0.2) is 0 Å². The van der Waals surface area contributed by atoms with Crippen LogP contribution in [0.2, 0.25) is 0 Å². The zero-order valence-electron chi connectivity index (χ0n) is 6.59. The molecule has 0 aliphatic heterocycles. The van der Waals surface area contributed by atoms with Gasteiger partial charge in [-0.1, -0.05) is 13.8 Å². The van der Waals surface area contributed by atoms with Gasteiger partial charge in [0.15, 0.2) is 0 Å². The molecule has 2 nitrogen and oxygen atoms in total. The highest BCUT2D eigenvalue weighted by atomic mass is 16.1. The van der Waals surface area contributed by atoms with E-state index < -0.39 is 0 Å². The predicted molar refractivity (Wildman–Crippen MR) is 39.8 cm³/mol. The molecule has 0 amide bonds. The first-order valence-corrected chi connectivity index (χ1v) is 3.56. The monoisotopic (exact) mass is 142 g/mol. The van der Waals surface area contributed by atoms with Gasteiger partial charge in [-0.2, -0.15) is 0 Å². The van der Waals surface area contributed by atoms with Gasteiger partial charge < -0.3 is 9.59 Å². The number of rotatable bonds is 5. The van der Waals surface area contributed by atoms with Crippen molar-refractivity contribution in [1.82, 2.24) is 0 Å². The van der Waals surface area contributed by atoms with E-state index in [1.165, 1.54) is 0 Å². The fraction of sp³-hybridized carbons (Fsp3) is 0.750. The molecule has 0 saturated heterocycles. The Balaban J connectivity index is 3.92. The number of hydrogen-bond acceptors (Lipinski definition) is 2. The summed E-state index contributed by atoms with van der Waals surface area (Å²) in [6, 6.07) is 0. The van der Waals surface area contributed by atoms with E-state index in [0.29, 0.717) is 12.8 Å². The SMILES string of the molecule is CCC(C)(CC=O)CC=O. The zero-order chi connectivity index (χ0) is 8.04. The van der Waals surface area contributed by atoms with Crippen molar-refractivity contribution < 1.29 is 9.59 Å². The van der Waals surface area contributed by atoms with Gasteiger partial charge in [-0.3, -0.25) is 0 Å². The second-order valence-corrected chi connectivity index (χ2v) is 2.91. The van der Waals surface area contributed by atoms with Crippen molar-refractivity contribution in [3.63, 3.8) is 0 Å². The summed E-state index contributed by atoms with van der Waals surface area (Å²) in [6.45, 7) is 3.95. The van der Waals surface area contributed by atoms with Gasteiger partial charge in [0.25, 0.3) is 0 Å². The largest absolute Gasteiger partial charge is 0.303 e. The molecule has 0 aliphatic carbocycles. The average molecular weight is 142 g/mol. The van der Waals surface area contributed by atoms with Crippen LogP contribution in [0.5, 0.6) is 0 Å². The van der Waals surface area contributed by atoms with Crippen LogP contribution in [0, 0.1) is 5.41 Å². The fourth-order valence-corrected chi connectivity index (χ4v) is 0.774. The molecule has 0 radical (unpaired) electrons. The van der Waals surface area contributed by atoms with Gasteiger partial charge in [0.05, 0.1) is 0 Å². The van der Waals surface area contributed by atoms with Gasteiger partial charge in [-0.05, 0) is 11.8 Å². The highest BCUT2D eigenvalue weighted by Crippen LogP contribution is 2.27. The quantitative estimate of drug-likeness (QED) is 0.546. The first-order chi connectivity index (χ1) is 4.68. The predicted octanol–water partition coefficient (Wildman–Crippen LogP) is 1.58. The van der Waals surface area contributed by atoms with E-state index in [1.54, 1.807) is 0 Å². The van der Waals surface area contributed by atoms with E-state index in [2.05, 4.69) is 0 Å². The van der Waals surface area contributed by atoms with Crippen molar-refractivity contribution in [2.24, 2.45) is 5.41 Å². The lowest BCUT2D eigenvalue weighted by atomic mass is 9.82. The normalized spacial score (nSPS) is 11.0. The first kappa shape index (κ1) is 9.34. The molecule has 10 heavy (non-hydrogen) atoms. The topological polar surface area (TPSA) is 34.1 Å². The third-order valence-electron chi connectivity index (χ3n) is 2.01. The molecule has 2 heteroatoms. The molecule has 0 aromatic carbocycles. The van der Waals surface area contributed by atoms with Crippen molar-refractivity contribution in [2.45, 2.75) is 33.1 Å². The van der Waals surface area contributed by atoms with Gasteiger partial charge in [0.2, 0.25) is 0 Å². The molecule has 0 N–H and O–H groups in total. The molecule has 0 rings (SSSR count). The third kappa shape index (κ3) is 2.76. The molecule has 0 aromatic rings. The Labute approximate surface area is 61.6 Å². The summed E-state index contributed by atoms with van der Waals surface area (Å²) in [6.07, 6.45) is 3.62. The standard InChI is InChI=1S/C8H14O2/c1-3-8(2,4-6-9)5-7-10/h6-7H,3-5H2,1-2H3. The molecule has 0 spiro atoms. The maximum atomic E-state index is 10.1. The summed E-state index contributed by atoms with van der Waals surface area (Å²) in [7, 11) is 0. The second-order valence-electron chi connectivity index (χ2n) is 2.91. The Morgan fingerprint density at radius 3 is 1.80 bits per heavy atom. The molecule has 0 heterocycles. The summed E-state index contributed by atoms with van der Waals surface area (Å²) < 4.78 is 0. The summed E-state index contributed by atoms with van der Waals surface area (Å²) >= 11 is 0. The third-order valence-corrected chi connectivity index (χ3v) is 2.01. The van der Waals surface area contributed by atoms with Gasteiger partial charge in [-0.15, -0.1) is 0 Å². The maximum Gasteiger partial charge on any atom is 0.120 e. The summed E-state index contributed by atoms with van der Waals surface area (Å²) in [5, 5.41) is 0. The molecule has 0 atom stereocenters. The smallest absolute Gasteiger partial charge is 0.120 e. The highest BCUT2D eigenvalue weighted by molar-refractivity contribution is 5.55. The van der Waals surface area contributed by atoms with E-state index in [1.807, 2.05) is 13.8 Å².